The highest BCUT2D eigenvalue weighted by atomic mass is 32.2. The first-order chi connectivity index (χ1) is 17.4. The summed E-state index contributed by atoms with van der Waals surface area (Å²) in [6.07, 6.45) is 0. The minimum Gasteiger partial charge on any atom is -0.399 e. The molecule has 4 rings (SSSR count). The minimum atomic E-state index is 0.463. The quantitative estimate of drug-likeness (QED) is 0.156. The SMILES string of the molecule is C=C(CSc1ccccc1C(=C)N)c1ccc(-c2ccc(NN(O)C(=C)c3ccccc3)cc2)cc1. The normalized spacial score (nSPS) is 10.5. The zero-order valence-electron chi connectivity index (χ0n) is 20.0. The summed E-state index contributed by atoms with van der Waals surface area (Å²) in [6, 6.07) is 33.8. The maximum Gasteiger partial charge on any atom is 0.0877 e. The second-order valence-electron chi connectivity index (χ2n) is 8.30. The number of rotatable bonds is 10. The number of nitrogens with zero attached hydrogens (tertiary/aromatic N) is 1. The van der Waals surface area contributed by atoms with E-state index in [0.29, 0.717) is 11.4 Å². The number of nitrogens with two attached hydrogens (primary N) is 1. The van der Waals surface area contributed by atoms with E-state index in [4.69, 9.17) is 5.73 Å². The topological polar surface area (TPSA) is 61.5 Å². The number of benzene rings is 4. The monoisotopic (exact) mass is 491 g/mol. The third-order valence-electron chi connectivity index (χ3n) is 5.74. The van der Waals surface area contributed by atoms with Gasteiger partial charge in [-0.25, -0.2) is 0 Å². The van der Waals surface area contributed by atoms with Crippen LogP contribution < -0.4 is 11.2 Å². The van der Waals surface area contributed by atoms with Gasteiger partial charge in [-0.3, -0.25) is 10.6 Å². The molecule has 4 aromatic carbocycles. The van der Waals surface area contributed by atoms with Gasteiger partial charge in [-0.2, -0.15) is 5.17 Å². The van der Waals surface area contributed by atoms with Crippen molar-refractivity contribution in [2.24, 2.45) is 5.73 Å². The molecule has 0 aliphatic carbocycles. The van der Waals surface area contributed by atoms with Gasteiger partial charge in [0, 0.05) is 27.5 Å². The van der Waals surface area contributed by atoms with E-state index in [2.05, 4.69) is 55.5 Å². The molecule has 0 fully saturated rings. The molecule has 0 aliphatic heterocycles. The molecule has 0 unspecified atom stereocenters. The summed E-state index contributed by atoms with van der Waals surface area (Å²) in [5, 5.41) is 11.3. The van der Waals surface area contributed by atoms with E-state index < -0.39 is 0 Å². The van der Waals surface area contributed by atoms with E-state index in [1.807, 2.05) is 72.8 Å². The standard InChI is InChI=1S/C31H29N3OS/c1-22(21-36-31-12-8-7-11-30(31)23(2)32)25-13-15-27(16-14-25)28-17-19-29(20-18-28)33-34(35)24(3)26-9-5-4-6-10-26/h4-20,33,35H,1-3,21,32H2. The van der Waals surface area contributed by atoms with Gasteiger partial charge in [0.1, 0.15) is 0 Å². The molecule has 0 radical (unpaired) electrons. The van der Waals surface area contributed by atoms with E-state index >= 15 is 0 Å². The fourth-order valence-corrected chi connectivity index (χ4v) is 4.71. The summed E-state index contributed by atoms with van der Waals surface area (Å²) in [5.41, 5.74) is 16.8. The Bertz CT molecular complexity index is 1360. The van der Waals surface area contributed by atoms with Gasteiger partial charge in [0.15, 0.2) is 0 Å². The average Bonchev–Trinajstić information content (AvgIpc) is 2.92. The molecule has 4 aromatic rings. The number of hydrogen-bond donors (Lipinski definition) is 3. The zero-order valence-corrected chi connectivity index (χ0v) is 20.8. The van der Waals surface area contributed by atoms with Crippen LogP contribution >= 0.6 is 11.8 Å². The fraction of sp³-hybridized carbons (Fsp3) is 0.0323. The van der Waals surface area contributed by atoms with Crippen molar-refractivity contribution in [3.63, 3.8) is 0 Å². The largest absolute Gasteiger partial charge is 0.399 e. The Morgan fingerprint density at radius 2 is 1.33 bits per heavy atom. The van der Waals surface area contributed by atoms with Crippen LogP contribution in [0, 0.1) is 0 Å². The number of hydroxylamine groups is 1. The van der Waals surface area contributed by atoms with E-state index in [0.717, 1.165) is 54.9 Å². The predicted molar refractivity (Wildman–Crippen MR) is 154 cm³/mol. The maximum atomic E-state index is 10.4. The van der Waals surface area contributed by atoms with Gasteiger partial charge in [-0.1, -0.05) is 105 Å². The van der Waals surface area contributed by atoms with Crippen LogP contribution in [0.5, 0.6) is 0 Å². The van der Waals surface area contributed by atoms with E-state index in [-0.39, 0.29) is 0 Å². The van der Waals surface area contributed by atoms with Crippen molar-refractivity contribution in [1.29, 1.82) is 0 Å². The first-order valence-electron chi connectivity index (χ1n) is 11.5. The number of nitrogens with one attached hydrogen (secondary N) is 1. The third kappa shape index (κ3) is 6.08. The lowest BCUT2D eigenvalue weighted by atomic mass is 10.0. The lowest BCUT2D eigenvalue weighted by molar-refractivity contribution is -0.000277. The molecule has 4 nitrogen and oxygen atoms in total. The smallest absolute Gasteiger partial charge is 0.0877 e. The molecule has 0 aromatic heterocycles. The Balaban J connectivity index is 1.36. The van der Waals surface area contributed by atoms with Crippen molar-refractivity contribution in [2.75, 3.05) is 11.2 Å². The molecule has 0 spiro atoms. The lowest BCUT2D eigenvalue weighted by Gasteiger charge is -2.21. The first kappa shape index (κ1) is 24.9. The van der Waals surface area contributed by atoms with Crippen LogP contribution in [-0.4, -0.2) is 16.1 Å². The Hall–Kier alpha value is -4.19. The molecule has 36 heavy (non-hydrogen) atoms. The van der Waals surface area contributed by atoms with E-state index in [1.54, 1.807) is 11.8 Å². The van der Waals surface area contributed by atoms with Crippen LogP contribution in [0.3, 0.4) is 0 Å². The van der Waals surface area contributed by atoms with Gasteiger partial charge >= 0.3 is 0 Å². The highest BCUT2D eigenvalue weighted by Gasteiger charge is 2.09. The van der Waals surface area contributed by atoms with Crippen molar-refractivity contribution in [3.05, 3.63) is 140 Å². The van der Waals surface area contributed by atoms with Crippen LogP contribution in [0.1, 0.15) is 16.7 Å². The molecule has 0 aliphatic rings. The van der Waals surface area contributed by atoms with Crippen LogP contribution in [0.2, 0.25) is 0 Å². The molecule has 5 heteroatoms. The first-order valence-corrected chi connectivity index (χ1v) is 12.5. The zero-order chi connectivity index (χ0) is 25.5. The second kappa shape index (κ2) is 11.5. The highest BCUT2D eigenvalue weighted by molar-refractivity contribution is 7.99. The number of thioether (sulfide) groups is 1. The number of hydrazine groups is 1. The Morgan fingerprint density at radius 3 is 1.97 bits per heavy atom. The maximum absolute atomic E-state index is 10.4. The Morgan fingerprint density at radius 1 is 0.750 bits per heavy atom. The summed E-state index contributed by atoms with van der Waals surface area (Å²) < 4.78 is 0. The van der Waals surface area contributed by atoms with Gasteiger partial charge in [-0.15, -0.1) is 11.8 Å². The molecule has 0 bridgehead atoms. The fourth-order valence-electron chi connectivity index (χ4n) is 3.68. The van der Waals surface area contributed by atoms with Crippen LogP contribution in [0.25, 0.3) is 28.1 Å². The van der Waals surface area contributed by atoms with Gasteiger partial charge in [-0.05, 0) is 40.5 Å². The van der Waals surface area contributed by atoms with Gasteiger partial charge in [0.25, 0.3) is 0 Å². The molecule has 180 valence electrons. The predicted octanol–water partition coefficient (Wildman–Crippen LogP) is 7.78. The summed E-state index contributed by atoms with van der Waals surface area (Å²) in [5.74, 6) is 0.760. The summed E-state index contributed by atoms with van der Waals surface area (Å²) in [7, 11) is 0. The summed E-state index contributed by atoms with van der Waals surface area (Å²) >= 11 is 1.71. The average molecular weight is 492 g/mol. The van der Waals surface area contributed by atoms with Crippen molar-refractivity contribution < 1.29 is 5.21 Å². The molecular weight excluding hydrogens is 462 g/mol. The third-order valence-corrected chi connectivity index (χ3v) is 6.90. The van der Waals surface area contributed by atoms with Gasteiger partial charge in [0.05, 0.1) is 11.4 Å². The molecule has 0 heterocycles. The molecule has 0 saturated heterocycles. The summed E-state index contributed by atoms with van der Waals surface area (Å²) in [6.45, 7) is 12.1. The van der Waals surface area contributed by atoms with Gasteiger partial charge < -0.3 is 5.73 Å². The lowest BCUT2D eigenvalue weighted by Crippen LogP contribution is -2.23. The van der Waals surface area contributed by atoms with Gasteiger partial charge in [0.2, 0.25) is 0 Å². The second-order valence-corrected chi connectivity index (χ2v) is 9.32. The van der Waals surface area contributed by atoms with Crippen molar-refractivity contribution >= 4 is 34.4 Å². The molecule has 0 amide bonds. The number of hydrogen-bond acceptors (Lipinski definition) is 5. The molecule has 4 N–H and O–H groups in total. The minimum absolute atomic E-state index is 0.463. The molecular formula is C31H29N3OS. The van der Waals surface area contributed by atoms with Crippen molar-refractivity contribution in [2.45, 2.75) is 4.90 Å². The van der Waals surface area contributed by atoms with Crippen LogP contribution in [0.15, 0.2) is 128 Å². The Kier molecular flexibility index (Phi) is 7.95. The number of anilines is 1. The van der Waals surface area contributed by atoms with Crippen molar-refractivity contribution in [3.8, 4) is 11.1 Å². The molecule has 0 saturated carbocycles. The summed E-state index contributed by atoms with van der Waals surface area (Å²) in [4.78, 5) is 1.10. The highest BCUT2D eigenvalue weighted by Crippen LogP contribution is 2.30. The van der Waals surface area contributed by atoms with Crippen LogP contribution in [0.4, 0.5) is 5.69 Å². The van der Waals surface area contributed by atoms with Crippen LogP contribution in [-0.2, 0) is 0 Å². The van der Waals surface area contributed by atoms with E-state index in [1.165, 1.54) is 0 Å². The Labute approximate surface area is 217 Å². The van der Waals surface area contributed by atoms with Crippen molar-refractivity contribution in [1.82, 2.24) is 5.17 Å². The van der Waals surface area contributed by atoms with E-state index in [9.17, 15) is 5.21 Å². The molecule has 0 atom stereocenters.